The van der Waals surface area contributed by atoms with Gasteiger partial charge in [0.2, 0.25) is 5.91 Å². The van der Waals surface area contributed by atoms with Crippen molar-refractivity contribution in [1.82, 2.24) is 5.32 Å². The van der Waals surface area contributed by atoms with E-state index in [2.05, 4.69) is 11.4 Å². The predicted molar refractivity (Wildman–Crippen MR) is 59.3 cm³/mol. The van der Waals surface area contributed by atoms with Crippen molar-refractivity contribution in [3.63, 3.8) is 0 Å². The van der Waals surface area contributed by atoms with Gasteiger partial charge in [-0.15, -0.1) is 0 Å². The average molecular weight is 218 g/mol. The molecule has 4 atom stereocenters. The summed E-state index contributed by atoms with van der Waals surface area (Å²) in [6, 6.07) is 2.56. The summed E-state index contributed by atoms with van der Waals surface area (Å²) >= 11 is 0. The van der Waals surface area contributed by atoms with Crippen LogP contribution >= 0.6 is 0 Å². The van der Waals surface area contributed by atoms with Gasteiger partial charge in [-0.1, -0.05) is 0 Å². The molecule has 0 spiro atoms. The standard InChI is InChI=1S/C13H18N2O/c1-9(16)15-13-5-10-2-11(6-13)4-12(3-10,7-13)8-14/h10-11H,2-7H2,1H3,(H,15,16)/t10-,11+,12?,13?. The molecule has 0 saturated heterocycles. The van der Waals surface area contributed by atoms with Gasteiger partial charge in [0.25, 0.3) is 0 Å². The third-order valence-corrected chi connectivity index (χ3v) is 4.74. The second-order valence-electron chi connectivity index (χ2n) is 6.31. The Balaban J connectivity index is 1.93. The molecule has 3 heteroatoms. The molecule has 0 aliphatic heterocycles. The molecule has 4 fully saturated rings. The third-order valence-electron chi connectivity index (χ3n) is 4.74. The normalized spacial score (nSPS) is 48.8. The van der Waals surface area contributed by atoms with Gasteiger partial charge in [-0.3, -0.25) is 4.79 Å². The highest BCUT2D eigenvalue weighted by Gasteiger charge is 2.58. The highest BCUT2D eigenvalue weighted by Crippen LogP contribution is 2.61. The Kier molecular flexibility index (Phi) is 1.90. The van der Waals surface area contributed by atoms with E-state index >= 15 is 0 Å². The lowest BCUT2D eigenvalue weighted by atomic mass is 9.47. The summed E-state index contributed by atoms with van der Waals surface area (Å²) in [5.74, 6) is 1.41. The molecule has 3 nitrogen and oxygen atoms in total. The van der Waals surface area contributed by atoms with Gasteiger partial charge in [0.1, 0.15) is 0 Å². The second kappa shape index (κ2) is 3.00. The lowest BCUT2D eigenvalue weighted by Gasteiger charge is -2.59. The van der Waals surface area contributed by atoms with Crippen molar-refractivity contribution in [2.24, 2.45) is 17.3 Å². The number of carbonyl (C=O) groups is 1. The molecule has 4 saturated carbocycles. The molecule has 16 heavy (non-hydrogen) atoms. The molecule has 0 aromatic rings. The highest BCUT2D eigenvalue weighted by atomic mass is 16.1. The molecule has 1 amide bonds. The Morgan fingerprint density at radius 2 is 1.94 bits per heavy atom. The van der Waals surface area contributed by atoms with E-state index in [0.29, 0.717) is 11.8 Å². The molecule has 4 aliphatic rings. The van der Waals surface area contributed by atoms with Crippen LogP contribution in [0.15, 0.2) is 0 Å². The minimum Gasteiger partial charge on any atom is -0.351 e. The quantitative estimate of drug-likeness (QED) is 0.731. The fraction of sp³-hybridized carbons (Fsp3) is 0.846. The van der Waals surface area contributed by atoms with Gasteiger partial charge in [0, 0.05) is 12.5 Å². The molecular weight excluding hydrogens is 200 g/mol. The Morgan fingerprint density at radius 3 is 2.44 bits per heavy atom. The summed E-state index contributed by atoms with van der Waals surface area (Å²) in [4.78, 5) is 11.3. The average Bonchev–Trinajstić information content (AvgIpc) is 2.13. The van der Waals surface area contributed by atoms with E-state index in [9.17, 15) is 10.1 Å². The van der Waals surface area contributed by atoms with Crippen LogP contribution in [-0.2, 0) is 4.79 Å². The Morgan fingerprint density at radius 1 is 1.31 bits per heavy atom. The summed E-state index contributed by atoms with van der Waals surface area (Å²) in [6.07, 6.45) is 6.52. The van der Waals surface area contributed by atoms with E-state index < -0.39 is 0 Å². The van der Waals surface area contributed by atoms with Crippen LogP contribution in [0.25, 0.3) is 0 Å². The van der Waals surface area contributed by atoms with Crippen molar-refractivity contribution in [3.8, 4) is 6.07 Å². The van der Waals surface area contributed by atoms with Crippen molar-refractivity contribution in [1.29, 1.82) is 5.26 Å². The van der Waals surface area contributed by atoms with Crippen molar-refractivity contribution in [2.75, 3.05) is 0 Å². The lowest BCUT2D eigenvalue weighted by molar-refractivity contribution is -0.126. The summed E-state index contributed by atoms with van der Waals surface area (Å²) in [7, 11) is 0. The smallest absolute Gasteiger partial charge is 0.217 e. The summed E-state index contributed by atoms with van der Waals surface area (Å²) < 4.78 is 0. The monoisotopic (exact) mass is 218 g/mol. The van der Waals surface area contributed by atoms with Crippen LogP contribution in [0.3, 0.4) is 0 Å². The van der Waals surface area contributed by atoms with Crippen molar-refractivity contribution in [2.45, 2.75) is 51.0 Å². The minimum atomic E-state index is -0.119. The minimum absolute atomic E-state index is 0.0361. The van der Waals surface area contributed by atoms with Gasteiger partial charge in [0.05, 0.1) is 11.5 Å². The Hall–Kier alpha value is -1.04. The summed E-state index contributed by atoms with van der Waals surface area (Å²) in [5, 5.41) is 12.6. The van der Waals surface area contributed by atoms with Crippen LogP contribution in [0.2, 0.25) is 0 Å². The number of nitrogens with zero attached hydrogens (tertiary/aromatic N) is 1. The maximum atomic E-state index is 11.3. The molecule has 4 aliphatic carbocycles. The number of nitriles is 1. The fourth-order valence-corrected chi connectivity index (χ4v) is 4.91. The van der Waals surface area contributed by atoms with E-state index in [-0.39, 0.29) is 16.9 Å². The number of amides is 1. The maximum Gasteiger partial charge on any atom is 0.217 e. The first-order valence-corrected chi connectivity index (χ1v) is 6.25. The molecule has 0 heterocycles. The van der Waals surface area contributed by atoms with Crippen molar-refractivity contribution < 1.29 is 4.79 Å². The van der Waals surface area contributed by atoms with Crippen LogP contribution in [0.4, 0.5) is 0 Å². The van der Waals surface area contributed by atoms with E-state index in [1.165, 1.54) is 6.42 Å². The van der Waals surface area contributed by atoms with Gasteiger partial charge in [0.15, 0.2) is 0 Å². The topological polar surface area (TPSA) is 52.9 Å². The SMILES string of the molecule is CC(=O)NC12C[C@@H]3C[C@@H](CC(C#N)(C3)C1)C2. The number of rotatable bonds is 1. The van der Waals surface area contributed by atoms with Gasteiger partial charge in [-0.05, 0) is 50.4 Å². The molecular formula is C13H18N2O. The maximum absolute atomic E-state index is 11.3. The first-order valence-electron chi connectivity index (χ1n) is 6.25. The van der Waals surface area contributed by atoms with Gasteiger partial charge < -0.3 is 5.32 Å². The third kappa shape index (κ3) is 1.36. The summed E-state index contributed by atoms with van der Waals surface area (Å²) in [6.45, 7) is 1.59. The Bertz CT molecular complexity index is 368. The van der Waals surface area contributed by atoms with Gasteiger partial charge >= 0.3 is 0 Å². The number of hydrogen-bond donors (Lipinski definition) is 1. The first-order chi connectivity index (χ1) is 7.55. The molecule has 4 rings (SSSR count). The van der Waals surface area contributed by atoms with Crippen molar-refractivity contribution in [3.05, 3.63) is 0 Å². The van der Waals surface area contributed by atoms with Crippen LogP contribution in [0.1, 0.15) is 45.4 Å². The van der Waals surface area contributed by atoms with Gasteiger partial charge in [-0.25, -0.2) is 0 Å². The zero-order valence-corrected chi connectivity index (χ0v) is 9.75. The Labute approximate surface area is 96.2 Å². The largest absolute Gasteiger partial charge is 0.351 e. The molecule has 0 radical (unpaired) electrons. The number of carbonyl (C=O) groups excluding carboxylic acids is 1. The lowest BCUT2D eigenvalue weighted by Crippen LogP contribution is -2.62. The van der Waals surface area contributed by atoms with Crippen LogP contribution in [0.5, 0.6) is 0 Å². The highest BCUT2D eigenvalue weighted by molar-refractivity contribution is 5.74. The second-order valence-corrected chi connectivity index (χ2v) is 6.31. The fourth-order valence-electron chi connectivity index (χ4n) is 4.91. The molecule has 4 bridgehead atoms. The van der Waals surface area contributed by atoms with E-state index in [1.54, 1.807) is 6.92 Å². The van der Waals surface area contributed by atoms with Crippen LogP contribution in [-0.4, -0.2) is 11.4 Å². The molecule has 0 aromatic carbocycles. The van der Waals surface area contributed by atoms with Crippen molar-refractivity contribution >= 4 is 5.91 Å². The molecule has 2 unspecified atom stereocenters. The molecule has 0 aromatic heterocycles. The van der Waals surface area contributed by atoms with E-state index in [0.717, 1.165) is 32.1 Å². The number of hydrogen-bond acceptors (Lipinski definition) is 2. The summed E-state index contributed by atoms with van der Waals surface area (Å²) in [5.41, 5.74) is -0.155. The first kappa shape index (κ1) is 10.1. The number of nitrogens with one attached hydrogen (secondary N) is 1. The molecule has 86 valence electrons. The predicted octanol–water partition coefficient (Wildman–Crippen LogP) is 1.99. The zero-order chi connectivity index (χ0) is 11.4. The van der Waals surface area contributed by atoms with Crippen LogP contribution in [0, 0.1) is 28.6 Å². The van der Waals surface area contributed by atoms with Crippen LogP contribution < -0.4 is 5.32 Å². The molecule has 1 N–H and O–H groups in total. The van der Waals surface area contributed by atoms with E-state index in [4.69, 9.17) is 0 Å². The van der Waals surface area contributed by atoms with E-state index in [1.807, 2.05) is 0 Å². The van der Waals surface area contributed by atoms with Gasteiger partial charge in [-0.2, -0.15) is 5.26 Å². The zero-order valence-electron chi connectivity index (χ0n) is 9.75.